The third kappa shape index (κ3) is 5.28. The van der Waals surface area contributed by atoms with E-state index in [1.165, 1.54) is 5.56 Å². The Morgan fingerprint density at radius 1 is 1.11 bits per heavy atom. The van der Waals surface area contributed by atoms with Gasteiger partial charge in [0.05, 0.1) is 29.2 Å². The maximum atomic E-state index is 13.7. The summed E-state index contributed by atoms with van der Waals surface area (Å²) in [6, 6.07) is 16.0. The zero-order valence-electron chi connectivity index (χ0n) is 21.7. The Kier molecular flexibility index (Phi) is 7.08. The average Bonchev–Trinajstić information content (AvgIpc) is 3.23. The highest BCUT2D eigenvalue weighted by molar-refractivity contribution is 5.80. The Morgan fingerprint density at radius 2 is 1.89 bits per heavy atom. The molecule has 37 heavy (non-hydrogen) atoms. The molecule has 0 aliphatic carbocycles. The van der Waals surface area contributed by atoms with E-state index in [0.29, 0.717) is 38.4 Å². The third-order valence-electron chi connectivity index (χ3n) is 7.24. The van der Waals surface area contributed by atoms with Crippen LogP contribution in [0.25, 0.3) is 11.0 Å². The van der Waals surface area contributed by atoms with Gasteiger partial charge in [-0.25, -0.2) is 4.98 Å². The van der Waals surface area contributed by atoms with Crippen LogP contribution < -0.4 is 15.8 Å². The summed E-state index contributed by atoms with van der Waals surface area (Å²) in [5.74, 6) is 1.02. The van der Waals surface area contributed by atoms with Gasteiger partial charge in [-0.2, -0.15) is 0 Å². The van der Waals surface area contributed by atoms with E-state index in [-0.39, 0.29) is 17.4 Å². The molecule has 1 atom stereocenters. The largest absolute Gasteiger partial charge is 0.361 e. The van der Waals surface area contributed by atoms with Crippen molar-refractivity contribution in [2.24, 2.45) is 5.92 Å². The number of nitrogens with one attached hydrogen (secondary N) is 1. The smallest absolute Gasteiger partial charge is 0.294 e. The molecule has 1 saturated heterocycles. The predicted octanol–water partition coefficient (Wildman–Crippen LogP) is 3.93. The standard InChI is InChI=1S/C29H33N5O3/c1-19-10-12-22(13-11-19)17-34-26-9-5-4-8-25(26)31-27(29(34)36)33-16-6-7-23(18-33)28(35)30-15-14-24-20(2)32-37-21(24)3/h4-5,8-13,23H,6-7,14-18H2,1-3H3,(H,30,35). The summed E-state index contributed by atoms with van der Waals surface area (Å²) in [6.45, 7) is 8.02. The molecule has 1 amide bonds. The van der Waals surface area contributed by atoms with Gasteiger partial charge in [-0.05, 0) is 57.7 Å². The second-order valence-electron chi connectivity index (χ2n) is 9.93. The molecule has 0 bridgehead atoms. The first-order valence-corrected chi connectivity index (χ1v) is 12.9. The van der Waals surface area contributed by atoms with Crippen LogP contribution in [0.2, 0.25) is 0 Å². The van der Waals surface area contributed by atoms with Gasteiger partial charge in [0.25, 0.3) is 5.56 Å². The zero-order valence-corrected chi connectivity index (χ0v) is 21.7. The molecule has 0 spiro atoms. The first kappa shape index (κ1) is 24.7. The maximum Gasteiger partial charge on any atom is 0.294 e. The van der Waals surface area contributed by atoms with Crippen molar-refractivity contribution in [3.8, 4) is 0 Å². The van der Waals surface area contributed by atoms with Crippen molar-refractivity contribution in [1.82, 2.24) is 20.0 Å². The minimum absolute atomic E-state index is 0.0113. The number of aryl methyl sites for hydroxylation is 3. The molecule has 5 rings (SSSR count). The van der Waals surface area contributed by atoms with Crippen molar-refractivity contribution in [3.63, 3.8) is 0 Å². The summed E-state index contributed by atoms with van der Waals surface area (Å²) in [4.78, 5) is 33.5. The molecule has 2 aromatic carbocycles. The fourth-order valence-corrected chi connectivity index (χ4v) is 5.12. The first-order chi connectivity index (χ1) is 17.9. The number of hydrogen-bond donors (Lipinski definition) is 1. The molecule has 0 saturated carbocycles. The fraction of sp³-hybridized carbons (Fsp3) is 0.379. The molecule has 192 valence electrons. The van der Waals surface area contributed by atoms with E-state index < -0.39 is 0 Å². The average molecular weight is 500 g/mol. The number of rotatable bonds is 7. The van der Waals surface area contributed by atoms with Crippen LogP contribution in [0.5, 0.6) is 0 Å². The summed E-state index contributed by atoms with van der Waals surface area (Å²) in [5.41, 5.74) is 5.60. The van der Waals surface area contributed by atoms with Crippen molar-refractivity contribution < 1.29 is 9.32 Å². The summed E-state index contributed by atoms with van der Waals surface area (Å²) in [6.07, 6.45) is 2.30. The van der Waals surface area contributed by atoms with Crippen LogP contribution in [0.3, 0.4) is 0 Å². The Bertz CT molecular complexity index is 1450. The van der Waals surface area contributed by atoms with Gasteiger partial charge in [-0.15, -0.1) is 0 Å². The molecule has 1 fully saturated rings. The summed E-state index contributed by atoms with van der Waals surface area (Å²) < 4.78 is 7.02. The van der Waals surface area contributed by atoms with Crippen molar-refractivity contribution in [2.45, 2.75) is 46.6 Å². The Labute approximate surface area is 216 Å². The van der Waals surface area contributed by atoms with Gasteiger partial charge in [-0.1, -0.05) is 47.1 Å². The summed E-state index contributed by atoms with van der Waals surface area (Å²) in [5, 5.41) is 7.05. The van der Waals surface area contributed by atoms with Crippen LogP contribution in [-0.4, -0.2) is 40.2 Å². The van der Waals surface area contributed by atoms with Crippen molar-refractivity contribution in [3.05, 3.63) is 87.0 Å². The van der Waals surface area contributed by atoms with Crippen LogP contribution in [0, 0.1) is 26.7 Å². The second kappa shape index (κ2) is 10.6. The maximum absolute atomic E-state index is 13.7. The number of fused-ring (bicyclic) bond motifs is 1. The van der Waals surface area contributed by atoms with Crippen LogP contribution in [0.4, 0.5) is 5.82 Å². The topological polar surface area (TPSA) is 93.3 Å². The molecule has 1 N–H and O–H groups in total. The zero-order chi connectivity index (χ0) is 25.9. The number of benzene rings is 2. The van der Waals surface area contributed by atoms with Gasteiger partial charge in [0.2, 0.25) is 5.91 Å². The van der Waals surface area contributed by atoms with E-state index in [0.717, 1.165) is 46.5 Å². The van der Waals surface area contributed by atoms with Gasteiger partial charge >= 0.3 is 0 Å². The quantitative estimate of drug-likeness (QED) is 0.414. The van der Waals surface area contributed by atoms with E-state index in [2.05, 4.69) is 41.7 Å². The highest BCUT2D eigenvalue weighted by atomic mass is 16.5. The highest BCUT2D eigenvalue weighted by Gasteiger charge is 2.28. The number of hydrogen-bond acceptors (Lipinski definition) is 6. The molecule has 3 heterocycles. The van der Waals surface area contributed by atoms with E-state index in [1.807, 2.05) is 43.0 Å². The van der Waals surface area contributed by atoms with Crippen molar-refractivity contribution >= 4 is 22.8 Å². The number of anilines is 1. The van der Waals surface area contributed by atoms with Crippen molar-refractivity contribution in [1.29, 1.82) is 0 Å². The van der Waals surface area contributed by atoms with E-state index in [1.54, 1.807) is 4.57 Å². The number of para-hydroxylation sites is 2. The molecule has 1 unspecified atom stereocenters. The molecule has 8 nitrogen and oxygen atoms in total. The number of aromatic nitrogens is 3. The van der Waals surface area contributed by atoms with Crippen LogP contribution in [0.1, 0.15) is 41.0 Å². The number of carbonyl (C=O) groups is 1. The fourth-order valence-electron chi connectivity index (χ4n) is 5.12. The molecule has 8 heteroatoms. The van der Waals surface area contributed by atoms with E-state index >= 15 is 0 Å². The Hall–Kier alpha value is -3.94. The van der Waals surface area contributed by atoms with Crippen LogP contribution in [-0.2, 0) is 17.8 Å². The van der Waals surface area contributed by atoms with Crippen LogP contribution >= 0.6 is 0 Å². The van der Waals surface area contributed by atoms with E-state index in [4.69, 9.17) is 9.51 Å². The number of carbonyl (C=O) groups excluding carboxylic acids is 1. The minimum atomic E-state index is -0.198. The lowest BCUT2D eigenvalue weighted by Crippen LogP contribution is -2.46. The first-order valence-electron chi connectivity index (χ1n) is 12.9. The lowest BCUT2D eigenvalue weighted by atomic mass is 9.97. The van der Waals surface area contributed by atoms with Gasteiger partial charge < -0.3 is 14.7 Å². The van der Waals surface area contributed by atoms with Gasteiger partial charge in [0.1, 0.15) is 5.76 Å². The summed E-state index contributed by atoms with van der Waals surface area (Å²) in [7, 11) is 0. The number of nitrogens with zero attached hydrogens (tertiary/aromatic N) is 4. The van der Waals surface area contributed by atoms with Gasteiger partial charge in [0, 0.05) is 25.2 Å². The van der Waals surface area contributed by atoms with Crippen LogP contribution in [0.15, 0.2) is 57.8 Å². The SMILES string of the molecule is Cc1ccc(Cn2c(=O)c(N3CCCC(C(=O)NCCc4c(C)noc4C)C3)nc3ccccc32)cc1. The highest BCUT2D eigenvalue weighted by Crippen LogP contribution is 2.22. The second-order valence-corrected chi connectivity index (χ2v) is 9.93. The number of piperidine rings is 1. The Balaban J connectivity index is 1.35. The van der Waals surface area contributed by atoms with Crippen molar-refractivity contribution in [2.75, 3.05) is 24.5 Å². The molecule has 1 aliphatic rings. The molecule has 4 aromatic rings. The minimum Gasteiger partial charge on any atom is -0.361 e. The molecule has 0 radical (unpaired) electrons. The summed E-state index contributed by atoms with van der Waals surface area (Å²) >= 11 is 0. The third-order valence-corrected chi connectivity index (χ3v) is 7.24. The Morgan fingerprint density at radius 3 is 2.65 bits per heavy atom. The normalized spacial score (nSPS) is 15.8. The lowest BCUT2D eigenvalue weighted by Gasteiger charge is -2.32. The monoisotopic (exact) mass is 499 g/mol. The number of amides is 1. The lowest BCUT2D eigenvalue weighted by molar-refractivity contribution is -0.125. The molecule has 2 aromatic heterocycles. The van der Waals surface area contributed by atoms with Gasteiger partial charge in [-0.3, -0.25) is 14.2 Å². The molecule has 1 aliphatic heterocycles. The molecular weight excluding hydrogens is 466 g/mol. The van der Waals surface area contributed by atoms with Gasteiger partial charge in [0.15, 0.2) is 5.82 Å². The van der Waals surface area contributed by atoms with E-state index in [9.17, 15) is 9.59 Å². The predicted molar refractivity (Wildman–Crippen MR) is 144 cm³/mol. The molecular formula is C29H33N5O3.